The van der Waals surface area contributed by atoms with Gasteiger partial charge in [0.2, 0.25) is 0 Å². The van der Waals surface area contributed by atoms with Crippen molar-refractivity contribution in [1.82, 2.24) is 15.0 Å². The minimum absolute atomic E-state index is 0.114. The summed E-state index contributed by atoms with van der Waals surface area (Å²) in [6.45, 7) is 0. The van der Waals surface area contributed by atoms with Gasteiger partial charge in [-0.15, -0.1) is 0 Å². The van der Waals surface area contributed by atoms with E-state index in [1.54, 1.807) is 6.07 Å². The highest BCUT2D eigenvalue weighted by Gasteiger charge is 2.29. The van der Waals surface area contributed by atoms with Gasteiger partial charge in [-0.2, -0.15) is 8.42 Å². The number of benzene rings is 2. The van der Waals surface area contributed by atoms with Gasteiger partial charge in [0.15, 0.2) is 23.3 Å². The Morgan fingerprint density at radius 3 is 2.36 bits per heavy atom. The van der Waals surface area contributed by atoms with Gasteiger partial charge >= 0.3 is 0 Å². The molecule has 8 nitrogen and oxygen atoms in total. The van der Waals surface area contributed by atoms with Crippen LogP contribution in [0, 0.1) is 23.3 Å². The van der Waals surface area contributed by atoms with Crippen molar-refractivity contribution in [2.24, 2.45) is 0 Å². The maximum atomic E-state index is 15.5. The standard InChI is InChI=1S/C26H25F4N5O3S/c1-31-39(37,38)35-25-22(29)15(8-9-32-25)10-16-11-18(26(36)33-17-5-6-17)24(23(30)21(16)28)34-20-7-4-14(12-19(20)27)13-2-3-13/h4,7-9,11-13,17,31,34H,2-3,5-6,10H2,1H3,(H,32,35)(H,33,36). The van der Waals surface area contributed by atoms with Gasteiger partial charge in [-0.05, 0) is 72.6 Å². The van der Waals surface area contributed by atoms with Crippen LogP contribution in [0.2, 0.25) is 0 Å². The molecule has 2 aromatic carbocycles. The molecule has 2 saturated carbocycles. The number of carbonyl (C=O) groups excluding carboxylic acids is 1. The first kappa shape index (κ1) is 26.9. The van der Waals surface area contributed by atoms with E-state index in [2.05, 4.69) is 15.6 Å². The van der Waals surface area contributed by atoms with E-state index in [0.29, 0.717) is 0 Å². The second kappa shape index (κ2) is 10.5. The van der Waals surface area contributed by atoms with Gasteiger partial charge in [-0.3, -0.25) is 9.52 Å². The van der Waals surface area contributed by atoms with Crippen LogP contribution in [0.1, 0.15) is 58.6 Å². The van der Waals surface area contributed by atoms with E-state index in [9.17, 15) is 17.6 Å². The van der Waals surface area contributed by atoms with E-state index >= 15 is 13.2 Å². The van der Waals surface area contributed by atoms with Crippen molar-refractivity contribution >= 4 is 33.3 Å². The van der Waals surface area contributed by atoms with Crippen LogP contribution in [0.25, 0.3) is 0 Å². The van der Waals surface area contributed by atoms with Gasteiger partial charge in [0.25, 0.3) is 16.1 Å². The fourth-order valence-electron chi connectivity index (χ4n) is 4.11. The third kappa shape index (κ3) is 5.98. The van der Waals surface area contributed by atoms with Crippen molar-refractivity contribution in [2.75, 3.05) is 17.1 Å². The summed E-state index contributed by atoms with van der Waals surface area (Å²) in [5, 5.41) is 5.24. The minimum Gasteiger partial charge on any atom is -0.350 e. The summed E-state index contributed by atoms with van der Waals surface area (Å²) >= 11 is 0. The Balaban J connectivity index is 1.51. The number of amides is 1. The Morgan fingerprint density at radius 1 is 0.974 bits per heavy atom. The summed E-state index contributed by atoms with van der Waals surface area (Å²) in [6, 6.07) is 6.58. The number of hydrogen-bond acceptors (Lipinski definition) is 5. The molecule has 2 aliphatic carbocycles. The van der Waals surface area contributed by atoms with Gasteiger partial charge in [0.05, 0.1) is 16.9 Å². The molecule has 0 radical (unpaired) electrons. The molecular weight excluding hydrogens is 538 g/mol. The van der Waals surface area contributed by atoms with Crippen molar-refractivity contribution in [3.8, 4) is 0 Å². The molecule has 0 atom stereocenters. The first-order chi connectivity index (χ1) is 18.6. The highest BCUT2D eigenvalue weighted by molar-refractivity contribution is 7.90. The molecule has 0 aliphatic heterocycles. The van der Waals surface area contributed by atoms with Crippen LogP contribution < -0.4 is 20.1 Å². The van der Waals surface area contributed by atoms with E-state index in [4.69, 9.17) is 0 Å². The van der Waals surface area contributed by atoms with Crippen LogP contribution >= 0.6 is 0 Å². The Bertz CT molecular complexity index is 1560. The summed E-state index contributed by atoms with van der Waals surface area (Å²) in [6.07, 6.45) is 3.95. The molecule has 0 bridgehead atoms. The van der Waals surface area contributed by atoms with E-state index in [1.165, 1.54) is 18.2 Å². The van der Waals surface area contributed by atoms with Gasteiger partial charge in [0, 0.05) is 25.7 Å². The van der Waals surface area contributed by atoms with E-state index in [0.717, 1.165) is 50.6 Å². The van der Waals surface area contributed by atoms with Crippen LogP contribution in [0.15, 0.2) is 36.5 Å². The second-order valence-electron chi connectivity index (χ2n) is 9.59. The maximum Gasteiger partial charge on any atom is 0.300 e. The van der Waals surface area contributed by atoms with Gasteiger partial charge < -0.3 is 10.6 Å². The molecular formula is C26H25F4N5O3S. The van der Waals surface area contributed by atoms with Gasteiger partial charge in [0.1, 0.15) is 5.82 Å². The number of nitrogens with zero attached hydrogens (tertiary/aromatic N) is 1. The monoisotopic (exact) mass is 563 g/mol. The molecule has 2 fully saturated rings. The first-order valence-electron chi connectivity index (χ1n) is 12.3. The van der Waals surface area contributed by atoms with Gasteiger partial charge in [-0.25, -0.2) is 27.3 Å². The molecule has 0 unspecified atom stereocenters. The molecule has 3 aromatic rings. The van der Waals surface area contributed by atoms with E-state index in [1.807, 2.05) is 9.44 Å². The molecule has 1 aromatic heterocycles. The van der Waals surface area contributed by atoms with Crippen LogP contribution in [-0.4, -0.2) is 32.4 Å². The molecule has 4 N–H and O–H groups in total. The number of nitrogens with one attached hydrogen (secondary N) is 4. The summed E-state index contributed by atoms with van der Waals surface area (Å²) in [4.78, 5) is 16.7. The van der Waals surface area contributed by atoms with E-state index < -0.39 is 57.3 Å². The summed E-state index contributed by atoms with van der Waals surface area (Å²) in [7, 11) is -2.98. The summed E-state index contributed by atoms with van der Waals surface area (Å²) in [5.74, 6) is -5.64. The average Bonchev–Trinajstić information content (AvgIpc) is 3.82. The highest BCUT2D eigenvalue weighted by atomic mass is 32.2. The van der Waals surface area contributed by atoms with Gasteiger partial charge in [-0.1, -0.05) is 6.07 Å². The number of hydrogen-bond donors (Lipinski definition) is 4. The third-order valence-electron chi connectivity index (χ3n) is 6.59. The zero-order chi connectivity index (χ0) is 27.9. The lowest BCUT2D eigenvalue weighted by atomic mass is 9.99. The molecule has 39 heavy (non-hydrogen) atoms. The van der Waals surface area contributed by atoms with Crippen LogP contribution in [-0.2, 0) is 16.6 Å². The van der Waals surface area contributed by atoms with Crippen molar-refractivity contribution < 1.29 is 30.8 Å². The number of pyridine rings is 1. The summed E-state index contributed by atoms with van der Waals surface area (Å²) < 4.78 is 88.0. The third-order valence-corrected chi connectivity index (χ3v) is 7.59. The Morgan fingerprint density at radius 2 is 1.72 bits per heavy atom. The molecule has 1 heterocycles. The quantitative estimate of drug-likeness (QED) is 0.269. The fraction of sp³-hybridized carbons (Fsp3) is 0.308. The zero-order valence-electron chi connectivity index (χ0n) is 20.7. The molecule has 1 amide bonds. The number of anilines is 3. The Hall–Kier alpha value is -3.71. The molecule has 206 valence electrons. The largest absolute Gasteiger partial charge is 0.350 e. The van der Waals surface area contributed by atoms with Crippen molar-refractivity contribution in [3.63, 3.8) is 0 Å². The van der Waals surface area contributed by atoms with Crippen LogP contribution in [0.3, 0.4) is 0 Å². The predicted molar refractivity (Wildman–Crippen MR) is 137 cm³/mol. The summed E-state index contributed by atoms with van der Waals surface area (Å²) in [5.41, 5.74) is -0.726. The zero-order valence-corrected chi connectivity index (χ0v) is 21.6. The lowest BCUT2D eigenvalue weighted by Crippen LogP contribution is -2.27. The molecule has 2 aliphatic rings. The highest BCUT2D eigenvalue weighted by Crippen LogP contribution is 2.41. The molecule has 13 heteroatoms. The number of halogens is 4. The lowest BCUT2D eigenvalue weighted by molar-refractivity contribution is 0.0951. The smallest absolute Gasteiger partial charge is 0.300 e. The average molecular weight is 564 g/mol. The van der Waals surface area contributed by atoms with Crippen molar-refractivity contribution in [3.05, 3.63) is 82.1 Å². The predicted octanol–water partition coefficient (Wildman–Crippen LogP) is 4.62. The normalized spacial score (nSPS) is 15.2. The number of rotatable bonds is 10. The molecule has 0 saturated heterocycles. The number of aromatic nitrogens is 1. The Kier molecular flexibility index (Phi) is 7.21. The second-order valence-corrected chi connectivity index (χ2v) is 11.2. The SMILES string of the molecule is CNS(=O)(=O)Nc1nccc(Cc2cc(C(=O)NC3CC3)c(Nc3ccc(C4CC4)cc3F)c(F)c2F)c1F. The maximum absolute atomic E-state index is 15.5. The lowest BCUT2D eigenvalue weighted by Gasteiger charge is -2.17. The Labute approximate surface area is 222 Å². The van der Waals surface area contributed by atoms with Crippen LogP contribution in [0.4, 0.5) is 34.8 Å². The van der Waals surface area contributed by atoms with Crippen molar-refractivity contribution in [1.29, 1.82) is 0 Å². The fourth-order valence-corrected chi connectivity index (χ4v) is 4.61. The number of carbonyl (C=O) groups is 1. The topological polar surface area (TPSA) is 112 Å². The molecule has 5 rings (SSSR count). The van der Waals surface area contributed by atoms with Crippen LogP contribution in [0.5, 0.6) is 0 Å². The first-order valence-corrected chi connectivity index (χ1v) is 13.8. The van der Waals surface area contributed by atoms with E-state index in [-0.39, 0.29) is 34.3 Å². The molecule has 0 spiro atoms. The minimum atomic E-state index is -4.09. The van der Waals surface area contributed by atoms with Crippen molar-refractivity contribution in [2.45, 2.75) is 44.1 Å².